The summed E-state index contributed by atoms with van der Waals surface area (Å²) in [4.78, 5) is 3.96. The SMILES string of the molecule is C[C@@H](N[C@H]1c2ccccc2CCC1(C)C)c1cncc(F)c1. The minimum Gasteiger partial charge on any atom is -0.303 e. The van der Waals surface area contributed by atoms with Crippen LogP contribution in [-0.4, -0.2) is 4.98 Å². The van der Waals surface area contributed by atoms with E-state index in [1.807, 2.05) is 0 Å². The van der Waals surface area contributed by atoms with E-state index in [2.05, 4.69) is 55.3 Å². The summed E-state index contributed by atoms with van der Waals surface area (Å²) >= 11 is 0. The minimum absolute atomic E-state index is 0.0543. The normalized spacial score (nSPS) is 21.2. The number of pyridine rings is 1. The Morgan fingerprint density at radius 2 is 2.05 bits per heavy atom. The van der Waals surface area contributed by atoms with E-state index in [-0.39, 0.29) is 23.3 Å². The lowest BCUT2D eigenvalue weighted by Crippen LogP contribution is -2.39. The highest BCUT2D eigenvalue weighted by Crippen LogP contribution is 2.44. The third-order valence-electron chi connectivity index (χ3n) is 4.83. The zero-order valence-corrected chi connectivity index (χ0v) is 13.4. The van der Waals surface area contributed by atoms with Gasteiger partial charge < -0.3 is 5.32 Å². The van der Waals surface area contributed by atoms with Crippen LogP contribution in [0.5, 0.6) is 0 Å². The van der Waals surface area contributed by atoms with Crippen molar-refractivity contribution in [3.8, 4) is 0 Å². The predicted molar refractivity (Wildman–Crippen MR) is 87.0 cm³/mol. The van der Waals surface area contributed by atoms with E-state index in [0.29, 0.717) is 0 Å². The van der Waals surface area contributed by atoms with Gasteiger partial charge >= 0.3 is 0 Å². The molecule has 22 heavy (non-hydrogen) atoms. The van der Waals surface area contributed by atoms with Crippen LogP contribution in [0.4, 0.5) is 4.39 Å². The molecule has 116 valence electrons. The van der Waals surface area contributed by atoms with E-state index < -0.39 is 0 Å². The molecule has 0 aliphatic heterocycles. The van der Waals surface area contributed by atoms with Gasteiger partial charge in [-0.2, -0.15) is 0 Å². The van der Waals surface area contributed by atoms with Crippen LogP contribution < -0.4 is 5.32 Å². The number of fused-ring (bicyclic) bond motifs is 1. The lowest BCUT2D eigenvalue weighted by Gasteiger charge is -2.42. The van der Waals surface area contributed by atoms with Crippen LogP contribution in [0.3, 0.4) is 0 Å². The van der Waals surface area contributed by atoms with E-state index in [4.69, 9.17) is 0 Å². The van der Waals surface area contributed by atoms with Crippen molar-refractivity contribution in [2.45, 2.75) is 45.7 Å². The second-order valence-corrected chi connectivity index (χ2v) is 6.95. The van der Waals surface area contributed by atoms with Crippen molar-refractivity contribution in [3.05, 3.63) is 65.2 Å². The van der Waals surface area contributed by atoms with Gasteiger partial charge in [0, 0.05) is 18.3 Å². The molecule has 0 amide bonds. The van der Waals surface area contributed by atoms with Crippen LogP contribution in [0.1, 0.15) is 56.0 Å². The fourth-order valence-corrected chi connectivity index (χ4v) is 3.39. The molecule has 0 radical (unpaired) electrons. The molecular weight excluding hydrogens is 275 g/mol. The summed E-state index contributed by atoms with van der Waals surface area (Å²) in [5.41, 5.74) is 3.85. The minimum atomic E-state index is -0.283. The van der Waals surface area contributed by atoms with Crippen LogP contribution in [0.15, 0.2) is 42.7 Å². The first-order valence-electron chi connectivity index (χ1n) is 7.92. The Balaban J connectivity index is 1.89. The molecule has 1 aromatic heterocycles. The molecule has 2 atom stereocenters. The third kappa shape index (κ3) is 2.91. The largest absolute Gasteiger partial charge is 0.303 e. The van der Waals surface area contributed by atoms with Crippen molar-refractivity contribution in [2.75, 3.05) is 0 Å². The lowest BCUT2D eigenvalue weighted by atomic mass is 9.70. The molecule has 0 saturated heterocycles. The molecule has 1 N–H and O–H groups in total. The van der Waals surface area contributed by atoms with Crippen LogP contribution in [0, 0.1) is 11.2 Å². The van der Waals surface area contributed by atoms with Gasteiger partial charge in [-0.15, -0.1) is 0 Å². The van der Waals surface area contributed by atoms with Crippen molar-refractivity contribution < 1.29 is 4.39 Å². The average molecular weight is 298 g/mol. The van der Waals surface area contributed by atoms with Gasteiger partial charge in [-0.05, 0) is 47.9 Å². The number of hydrogen-bond donors (Lipinski definition) is 1. The smallest absolute Gasteiger partial charge is 0.141 e. The second kappa shape index (κ2) is 5.81. The fraction of sp³-hybridized carbons (Fsp3) is 0.421. The van der Waals surface area contributed by atoms with Crippen molar-refractivity contribution in [3.63, 3.8) is 0 Å². The molecule has 1 heterocycles. The highest BCUT2D eigenvalue weighted by Gasteiger charge is 2.36. The van der Waals surface area contributed by atoms with Crippen LogP contribution in [0.25, 0.3) is 0 Å². The van der Waals surface area contributed by atoms with Crippen LogP contribution >= 0.6 is 0 Å². The monoisotopic (exact) mass is 298 g/mol. The second-order valence-electron chi connectivity index (χ2n) is 6.95. The standard InChI is InChI=1S/C19H23FN2/c1-13(15-10-16(20)12-21-11-15)22-18-17-7-5-4-6-14(17)8-9-19(18,2)3/h4-7,10-13,18,22H,8-9H2,1-3H3/t13-,18+/m1/s1. The lowest BCUT2D eigenvalue weighted by molar-refractivity contribution is 0.196. The van der Waals surface area contributed by atoms with Gasteiger partial charge in [-0.25, -0.2) is 4.39 Å². The van der Waals surface area contributed by atoms with Gasteiger partial charge in [0.25, 0.3) is 0 Å². The molecule has 0 unspecified atom stereocenters. The van der Waals surface area contributed by atoms with Gasteiger partial charge in [0.1, 0.15) is 5.82 Å². The number of nitrogens with zero attached hydrogens (tertiary/aromatic N) is 1. The van der Waals surface area contributed by atoms with Crippen LogP contribution in [-0.2, 0) is 6.42 Å². The first-order valence-corrected chi connectivity index (χ1v) is 7.92. The topological polar surface area (TPSA) is 24.9 Å². The zero-order valence-electron chi connectivity index (χ0n) is 13.4. The Bertz CT molecular complexity index is 666. The number of aromatic nitrogens is 1. The highest BCUT2D eigenvalue weighted by atomic mass is 19.1. The van der Waals surface area contributed by atoms with Crippen molar-refractivity contribution in [1.82, 2.24) is 10.3 Å². The molecule has 0 spiro atoms. The Kier molecular flexibility index (Phi) is 4.00. The Labute approximate surface area is 131 Å². The number of halogens is 1. The summed E-state index contributed by atoms with van der Waals surface area (Å²) in [5, 5.41) is 3.70. The fourth-order valence-electron chi connectivity index (χ4n) is 3.39. The average Bonchev–Trinajstić information content (AvgIpc) is 2.50. The maximum Gasteiger partial charge on any atom is 0.141 e. The predicted octanol–water partition coefficient (Wildman–Crippen LogP) is 4.59. The highest BCUT2D eigenvalue weighted by molar-refractivity contribution is 5.34. The third-order valence-corrected chi connectivity index (χ3v) is 4.83. The summed E-state index contributed by atoms with van der Waals surface area (Å²) in [5.74, 6) is -0.283. The number of hydrogen-bond acceptors (Lipinski definition) is 2. The molecule has 1 aromatic carbocycles. The Hall–Kier alpha value is -1.74. The van der Waals surface area contributed by atoms with Crippen molar-refractivity contribution in [1.29, 1.82) is 0 Å². The molecule has 1 aliphatic rings. The first-order chi connectivity index (χ1) is 10.5. The Morgan fingerprint density at radius 3 is 2.82 bits per heavy atom. The summed E-state index contributed by atoms with van der Waals surface area (Å²) in [6, 6.07) is 10.5. The maximum absolute atomic E-state index is 13.4. The van der Waals surface area contributed by atoms with Gasteiger partial charge in [-0.1, -0.05) is 38.1 Å². The zero-order chi connectivity index (χ0) is 15.7. The summed E-state index contributed by atoms with van der Waals surface area (Å²) in [6.45, 7) is 6.68. The molecule has 3 rings (SSSR count). The molecular formula is C19H23FN2. The van der Waals surface area contributed by atoms with E-state index in [0.717, 1.165) is 18.4 Å². The molecule has 0 fully saturated rings. The quantitative estimate of drug-likeness (QED) is 0.897. The van der Waals surface area contributed by atoms with Crippen molar-refractivity contribution in [2.24, 2.45) is 5.41 Å². The molecule has 0 bridgehead atoms. The van der Waals surface area contributed by atoms with E-state index in [1.54, 1.807) is 12.3 Å². The first kappa shape index (κ1) is 15.2. The Morgan fingerprint density at radius 1 is 1.27 bits per heavy atom. The van der Waals surface area contributed by atoms with E-state index in [9.17, 15) is 4.39 Å². The number of benzene rings is 1. The van der Waals surface area contributed by atoms with Gasteiger partial charge in [0.15, 0.2) is 0 Å². The van der Waals surface area contributed by atoms with E-state index in [1.165, 1.54) is 17.3 Å². The number of nitrogens with one attached hydrogen (secondary N) is 1. The number of aryl methyl sites for hydroxylation is 1. The van der Waals surface area contributed by atoms with Crippen molar-refractivity contribution >= 4 is 0 Å². The molecule has 0 saturated carbocycles. The van der Waals surface area contributed by atoms with Gasteiger partial charge in [-0.3, -0.25) is 4.98 Å². The van der Waals surface area contributed by atoms with Gasteiger partial charge in [0.2, 0.25) is 0 Å². The number of rotatable bonds is 3. The molecule has 2 nitrogen and oxygen atoms in total. The molecule has 1 aliphatic carbocycles. The summed E-state index contributed by atoms with van der Waals surface area (Å²) in [7, 11) is 0. The maximum atomic E-state index is 13.4. The molecule has 2 aromatic rings. The summed E-state index contributed by atoms with van der Waals surface area (Å²) in [6.07, 6.45) is 5.26. The molecule has 3 heteroatoms. The van der Waals surface area contributed by atoms with Gasteiger partial charge in [0.05, 0.1) is 6.20 Å². The summed E-state index contributed by atoms with van der Waals surface area (Å²) < 4.78 is 13.4. The van der Waals surface area contributed by atoms with E-state index >= 15 is 0 Å². The van der Waals surface area contributed by atoms with Crippen LogP contribution in [0.2, 0.25) is 0 Å².